The molecule has 0 saturated heterocycles. The van der Waals surface area contributed by atoms with Crippen LogP contribution in [0.1, 0.15) is 43.6 Å². The summed E-state index contributed by atoms with van der Waals surface area (Å²) < 4.78 is 22.4. The van der Waals surface area contributed by atoms with Crippen molar-refractivity contribution < 1.29 is 28.5 Å². The molecule has 0 saturated carbocycles. The van der Waals surface area contributed by atoms with Gasteiger partial charge in [0.1, 0.15) is 11.8 Å². The van der Waals surface area contributed by atoms with Crippen molar-refractivity contribution >= 4 is 11.8 Å². The maximum atomic E-state index is 12.7. The number of rotatable bonds is 10. The van der Waals surface area contributed by atoms with Crippen molar-refractivity contribution in [2.24, 2.45) is 0 Å². The van der Waals surface area contributed by atoms with Crippen LogP contribution in [0.15, 0.2) is 36.4 Å². The Morgan fingerprint density at radius 1 is 0.938 bits per heavy atom. The molecular weight excluding hydrogens is 414 g/mol. The summed E-state index contributed by atoms with van der Waals surface area (Å²) in [6.07, 6.45) is -0.955. The van der Waals surface area contributed by atoms with Gasteiger partial charge in [-0.25, -0.2) is 0 Å². The first-order valence-corrected chi connectivity index (χ1v) is 10.3. The minimum atomic E-state index is -0.955. The van der Waals surface area contributed by atoms with Gasteiger partial charge < -0.3 is 18.9 Å². The average molecular weight is 441 g/mol. The maximum Gasteiger partial charge on any atom is 0.279 e. The normalized spacial score (nSPS) is 11.0. The molecule has 170 valence electrons. The summed E-state index contributed by atoms with van der Waals surface area (Å²) in [4.78, 5) is 25.0. The summed E-state index contributed by atoms with van der Waals surface area (Å²) in [5, 5.41) is 9.13. The molecule has 0 bridgehead atoms. The largest absolute Gasteiger partial charge is 0.490 e. The smallest absolute Gasteiger partial charge is 0.279 e. The number of ether oxygens (including phenoxy) is 4. The number of carbonyl (C=O) groups excluding carboxylic acids is 2. The summed E-state index contributed by atoms with van der Waals surface area (Å²) in [5.41, 5.74) is 5.19. The second-order valence-electron chi connectivity index (χ2n) is 6.41. The number of hydrogen-bond acceptors (Lipinski definition) is 7. The average Bonchev–Trinajstić information content (AvgIpc) is 2.79. The van der Waals surface area contributed by atoms with Crippen LogP contribution in [0.3, 0.4) is 0 Å². The third-order valence-electron chi connectivity index (χ3n) is 4.15. The lowest BCUT2D eigenvalue weighted by molar-refractivity contribution is -0.128. The summed E-state index contributed by atoms with van der Waals surface area (Å²) in [6, 6.07) is 11.6. The van der Waals surface area contributed by atoms with E-state index in [0.29, 0.717) is 42.6 Å². The first kappa shape index (κ1) is 24.3. The third-order valence-corrected chi connectivity index (χ3v) is 4.15. The molecule has 2 aromatic carbocycles. The van der Waals surface area contributed by atoms with Crippen LogP contribution in [0, 0.1) is 11.3 Å². The second kappa shape index (κ2) is 12.1. The van der Waals surface area contributed by atoms with Crippen LogP contribution < -0.4 is 29.8 Å². The lowest BCUT2D eigenvalue weighted by atomic mass is 10.1. The number of nitrogens with zero attached hydrogens (tertiary/aromatic N) is 1. The number of nitrogens with one attached hydrogen (secondary N) is 2. The van der Waals surface area contributed by atoms with Crippen molar-refractivity contribution in [1.82, 2.24) is 10.9 Å². The maximum absolute atomic E-state index is 12.7. The van der Waals surface area contributed by atoms with Gasteiger partial charge in [-0.05, 0) is 52.0 Å². The highest BCUT2D eigenvalue weighted by molar-refractivity contribution is 5.97. The lowest BCUT2D eigenvalue weighted by Gasteiger charge is -2.18. The molecule has 9 nitrogen and oxygen atoms in total. The Balaban J connectivity index is 2.11. The Kier molecular flexibility index (Phi) is 9.17. The van der Waals surface area contributed by atoms with Gasteiger partial charge in [0.25, 0.3) is 11.8 Å². The van der Waals surface area contributed by atoms with Gasteiger partial charge in [0.05, 0.1) is 25.4 Å². The predicted molar refractivity (Wildman–Crippen MR) is 117 cm³/mol. The topological polar surface area (TPSA) is 119 Å². The van der Waals surface area contributed by atoms with Gasteiger partial charge in [0, 0.05) is 5.56 Å². The molecular formula is C23H27N3O6. The van der Waals surface area contributed by atoms with Gasteiger partial charge in [0.2, 0.25) is 5.75 Å². The predicted octanol–water partition coefficient (Wildman–Crippen LogP) is 2.98. The van der Waals surface area contributed by atoms with E-state index in [1.807, 2.05) is 26.8 Å². The van der Waals surface area contributed by atoms with Gasteiger partial charge in [-0.1, -0.05) is 12.1 Å². The fourth-order valence-electron chi connectivity index (χ4n) is 2.72. The number of amides is 2. The number of benzene rings is 2. The molecule has 32 heavy (non-hydrogen) atoms. The van der Waals surface area contributed by atoms with E-state index in [1.165, 1.54) is 19.1 Å². The molecule has 2 amide bonds. The monoisotopic (exact) mass is 441 g/mol. The van der Waals surface area contributed by atoms with E-state index in [0.717, 1.165) is 0 Å². The number of hydrogen-bond donors (Lipinski definition) is 2. The Hall–Kier alpha value is -3.93. The molecule has 9 heteroatoms. The molecule has 2 rings (SSSR count). The summed E-state index contributed by atoms with van der Waals surface area (Å²) in [7, 11) is 0. The minimum absolute atomic E-state index is 0.212. The van der Waals surface area contributed by atoms with Crippen molar-refractivity contribution in [2.45, 2.75) is 33.8 Å². The molecule has 2 N–H and O–H groups in total. The molecule has 0 heterocycles. The minimum Gasteiger partial charge on any atom is -0.490 e. The molecule has 0 aliphatic heterocycles. The Morgan fingerprint density at radius 3 is 2.09 bits per heavy atom. The van der Waals surface area contributed by atoms with Gasteiger partial charge in [-0.2, -0.15) is 5.26 Å². The molecule has 1 unspecified atom stereocenters. The lowest BCUT2D eigenvalue weighted by Crippen LogP contribution is -2.47. The summed E-state index contributed by atoms with van der Waals surface area (Å²) >= 11 is 0. The van der Waals surface area contributed by atoms with Crippen molar-refractivity contribution in [3.05, 3.63) is 47.5 Å². The van der Waals surface area contributed by atoms with Crippen LogP contribution in [-0.2, 0) is 4.79 Å². The van der Waals surface area contributed by atoms with E-state index in [-0.39, 0.29) is 11.3 Å². The number of carbonyl (C=O) groups is 2. The molecule has 0 aliphatic rings. The summed E-state index contributed by atoms with van der Waals surface area (Å²) in [5.74, 6) is 0.247. The zero-order valence-corrected chi connectivity index (χ0v) is 18.6. The fourth-order valence-corrected chi connectivity index (χ4v) is 2.72. The molecule has 0 aliphatic carbocycles. The zero-order valence-electron chi connectivity index (χ0n) is 18.6. The van der Waals surface area contributed by atoms with Crippen molar-refractivity contribution in [1.29, 1.82) is 5.26 Å². The Bertz CT molecular complexity index is 959. The fraction of sp³-hybridized carbons (Fsp3) is 0.348. The molecule has 2 aromatic rings. The van der Waals surface area contributed by atoms with Crippen molar-refractivity contribution in [2.75, 3.05) is 19.8 Å². The molecule has 0 spiro atoms. The van der Waals surface area contributed by atoms with Gasteiger partial charge in [-0.15, -0.1) is 0 Å². The van der Waals surface area contributed by atoms with E-state index in [2.05, 4.69) is 10.9 Å². The van der Waals surface area contributed by atoms with E-state index in [9.17, 15) is 9.59 Å². The molecule has 0 radical (unpaired) electrons. The van der Waals surface area contributed by atoms with Gasteiger partial charge in [0.15, 0.2) is 17.6 Å². The standard InChI is InChI=1S/C23H27N3O6/c1-5-29-19-12-17(13-20(30-6-2)21(19)31-7-3)23(28)26-25-22(27)15(4)32-18-11-9-8-10-16(18)14-24/h8-13,15H,5-7H2,1-4H3,(H,25,27)(H,26,28). The molecule has 0 fully saturated rings. The second-order valence-corrected chi connectivity index (χ2v) is 6.41. The highest BCUT2D eigenvalue weighted by Crippen LogP contribution is 2.39. The Morgan fingerprint density at radius 2 is 1.53 bits per heavy atom. The highest BCUT2D eigenvalue weighted by Gasteiger charge is 2.20. The van der Waals surface area contributed by atoms with E-state index >= 15 is 0 Å². The van der Waals surface area contributed by atoms with Crippen LogP contribution in [0.4, 0.5) is 0 Å². The molecule has 0 aromatic heterocycles. The number of hydrazine groups is 1. The van der Waals surface area contributed by atoms with Crippen LogP contribution in [0.5, 0.6) is 23.0 Å². The van der Waals surface area contributed by atoms with E-state index in [4.69, 9.17) is 24.2 Å². The summed E-state index contributed by atoms with van der Waals surface area (Å²) in [6.45, 7) is 8.10. The van der Waals surface area contributed by atoms with Crippen LogP contribution >= 0.6 is 0 Å². The molecule has 1 atom stereocenters. The Labute approximate surface area is 187 Å². The number of para-hydroxylation sites is 1. The quantitative estimate of drug-likeness (QED) is 0.544. The first-order chi connectivity index (χ1) is 15.4. The number of nitriles is 1. The van der Waals surface area contributed by atoms with Gasteiger partial charge in [-0.3, -0.25) is 20.4 Å². The van der Waals surface area contributed by atoms with E-state index in [1.54, 1.807) is 24.3 Å². The highest BCUT2D eigenvalue weighted by atomic mass is 16.5. The van der Waals surface area contributed by atoms with Crippen molar-refractivity contribution in [3.8, 4) is 29.1 Å². The van der Waals surface area contributed by atoms with Gasteiger partial charge >= 0.3 is 0 Å². The van der Waals surface area contributed by atoms with Crippen LogP contribution in [0.2, 0.25) is 0 Å². The first-order valence-electron chi connectivity index (χ1n) is 10.3. The van der Waals surface area contributed by atoms with Crippen molar-refractivity contribution in [3.63, 3.8) is 0 Å². The van der Waals surface area contributed by atoms with Crippen LogP contribution in [0.25, 0.3) is 0 Å². The van der Waals surface area contributed by atoms with E-state index < -0.39 is 17.9 Å². The SMILES string of the molecule is CCOc1cc(C(=O)NNC(=O)C(C)Oc2ccccc2C#N)cc(OCC)c1OCC. The third kappa shape index (κ3) is 6.28. The van der Waals surface area contributed by atoms with Crippen LogP contribution in [-0.4, -0.2) is 37.7 Å². The zero-order chi connectivity index (χ0) is 23.5.